The molecule has 0 aliphatic heterocycles. The lowest BCUT2D eigenvalue weighted by atomic mass is 10.2. The number of rotatable bonds is 7. The first-order chi connectivity index (χ1) is 9.56. The van der Waals surface area contributed by atoms with Crippen molar-refractivity contribution in [1.82, 2.24) is 9.80 Å². The van der Waals surface area contributed by atoms with E-state index in [0.29, 0.717) is 26.1 Å². The topological polar surface area (TPSA) is 56.6 Å². The van der Waals surface area contributed by atoms with Crippen molar-refractivity contribution < 1.29 is 9.53 Å². The van der Waals surface area contributed by atoms with E-state index in [4.69, 9.17) is 10.00 Å². The third kappa shape index (κ3) is 5.29. The van der Waals surface area contributed by atoms with Crippen LogP contribution in [0.2, 0.25) is 0 Å². The van der Waals surface area contributed by atoms with Crippen molar-refractivity contribution in [3.63, 3.8) is 0 Å². The summed E-state index contributed by atoms with van der Waals surface area (Å²) in [6.07, 6.45) is 0.363. The lowest BCUT2D eigenvalue weighted by molar-refractivity contribution is -0.130. The molecular formula is C15H21N3O2. The van der Waals surface area contributed by atoms with Crippen LogP contribution in [0.25, 0.3) is 0 Å². The molecule has 0 fully saturated rings. The maximum absolute atomic E-state index is 11.9. The summed E-state index contributed by atoms with van der Waals surface area (Å²) >= 11 is 0. The minimum absolute atomic E-state index is 0.0191. The van der Waals surface area contributed by atoms with Crippen molar-refractivity contribution in [3.8, 4) is 11.8 Å². The molecule has 0 atom stereocenters. The average molecular weight is 275 g/mol. The Hall–Kier alpha value is -2.06. The molecule has 0 saturated carbocycles. The molecule has 0 saturated heterocycles. The van der Waals surface area contributed by atoms with Crippen LogP contribution in [0, 0.1) is 11.3 Å². The van der Waals surface area contributed by atoms with E-state index in [2.05, 4.69) is 0 Å². The predicted octanol–water partition coefficient (Wildman–Crippen LogP) is 1.50. The number of methoxy groups -OCH3 is 1. The van der Waals surface area contributed by atoms with Gasteiger partial charge in [0.05, 0.1) is 26.1 Å². The maximum Gasteiger partial charge on any atom is 0.236 e. The van der Waals surface area contributed by atoms with Crippen molar-refractivity contribution in [2.24, 2.45) is 0 Å². The van der Waals surface area contributed by atoms with Crippen LogP contribution in [0.3, 0.4) is 0 Å². The second-order valence-electron chi connectivity index (χ2n) is 4.75. The number of likely N-dealkylation sites (N-methyl/N-ethyl adjacent to an activating group) is 2. The number of hydrogen-bond acceptors (Lipinski definition) is 4. The summed E-state index contributed by atoms with van der Waals surface area (Å²) in [5, 5.41) is 8.51. The summed E-state index contributed by atoms with van der Waals surface area (Å²) in [4.78, 5) is 15.5. The minimum Gasteiger partial charge on any atom is -0.497 e. The molecule has 0 heterocycles. The summed E-state index contributed by atoms with van der Waals surface area (Å²) < 4.78 is 5.18. The van der Waals surface area contributed by atoms with Crippen LogP contribution in [0.1, 0.15) is 12.0 Å². The third-order valence-corrected chi connectivity index (χ3v) is 2.98. The molecule has 5 heteroatoms. The lowest BCUT2D eigenvalue weighted by Crippen LogP contribution is -2.36. The summed E-state index contributed by atoms with van der Waals surface area (Å²) in [5.41, 5.74) is 1.10. The van der Waals surface area contributed by atoms with Gasteiger partial charge in [-0.3, -0.25) is 9.69 Å². The van der Waals surface area contributed by atoms with E-state index >= 15 is 0 Å². The number of ether oxygens (including phenoxy) is 1. The molecule has 0 N–H and O–H groups in total. The highest BCUT2D eigenvalue weighted by Crippen LogP contribution is 2.13. The van der Waals surface area contributed by atoms with Gasteiger partial charge in [-0.25, -0.2) is 0 Å². The fraction of sp³-hybridized carbons (Fsp3) is 0.467. The molecule has 0 radical (unpaired) electrons. The van der Waals surface area contributed by atoms with Gasteiger partial charge in [-0.15, -0.1) is 0 Å². The van der Waals surface area contributed by atoms with Crippen LogP contribution in [0.15, 0.2) is 24.3 Å². The van der Waals surface area contributed by atoms with E-state index in [-0.39, 0.29) is 5.91 Å². The van der Waals surface area contributed by atoms with Crippen LogP contribution in [0.4, 0.5) is 0 Å². The van der Waals surface area contributed by atoms with Crippen LogP contribution < -0.4 is 4.74 Å². The monoisotopic (exact) mass is 275 g/mol. The zero-order valence-corrected chi connectivity index (χ0v) is 12.3. The van der Waals surface area contributed by atoms with Crippen LogP contribution in [-0.4, -0.2) is 50.0 Å². The van der Waals surface area contributed by atoms with Crippen molar-refractivity contribution >= 4 is 5.91 Å². The summed E-state index contributed by atoms with van der Waals surface area (Å²) in [6, 6.07) is 9.83. The first-order valence-electron chi connectivity index (χ1n) is 6.49. The molecule has 0 aromatic heterocycles. The number of carbonyl (C=O) groups excluding carboxylic acids is 1. The molecular weight excluding hydrogens is 254 g/mol. The molecule has 0 spiro atoms. The van der Waals surface area contributed by atoms with Gasteiger partial charge in [-0.05, 0) is 24.7 Å². The summed E-state index contributed by atoms with van der Waals surface area (Å²) in [7, 11) is 5.26. The van der Waals surface area contributed by atoms with Gasteiger partial charge in [0.1, 0.15) is 5.75 Å². The van der Waals surface area contributed by atoms with Crippen molar-refractivity contribution in [1.29, 1.82) is 5.26 Å². The largest absolute Gasteiger partial charge is 0.497 e. The molecule has 0 unspecified atom stereocenters. The highest BCUT2D eigenvalue weighted by Gasteiger charge is 2.11. The van der Waals surface area contributed by atoms with E-state index in [1.54, 1.807) is 19.1 Å². The molecule has 0 aliphatic carbocycles. The van der Waals surface area contributed by atoms with Crippen molar-refractivity contribution in [2.75, 3.05) is 34.3 Å². The van der Waals surface area contributed by atoms with Crippen LogP contribution in [-0.2, 0) is 11.3 Å². The first kappa shape index (κ1) is 16.0. The third-order valence-electron chi connectivity index (χ3n) is 2.98. The van der Waals surface area contributed by atoms with Gasteiger partial charge >= 0.3 is 0 Å². The normalized spacial score (nSPS) is 10.2. The number of amides is 1. The van der Waals surface area contributed by atoms with E-state index in [1.807, 2.05) is 42.3 Å². The van der Waals surface area contributed by atoms with Gasteiger partial charge in [0.15, 0.2) is 0 Å². The summed E-state index contributed by atoms with van der Waals surface area (Å²) in [5.74, 6) is 0.832. The second kappa shape index (κ2) is 8.18. The lowest BCUT2D eigenvalue weighted by Gasteiger charge is -2.21. The summed E-state index contributed by atoms with van der Waals surface area (Å²) in [6.45, 7) is 1.48. The van der Waals surface area contributed by atoms with Crippen LogP contribution >= 0.6 is 0 Å². The van der Waals surface area contributed by atoms with Gasteiger partial charge in [-0.1, -0.05) is 12.1 Å². The van der Waals surface area contributed by atoms with Crippen molar-refractivity contribution in [3.05, 3.63) is 29.8 Å². The number of hydrogen-bond donors (Lipinski definition) is 0. The maximum atomic E-state index is 11.9. The standard InChI is InChI=1S/C15H21N3O2/c1-17(12-15(19)18(2)9-5-8-16)11-13-6-4-7-14(10-13)20-3/h4,6-7,10H,5,9,11-12H2,1-3H3. The zero-order chi connectivity index (χ0) is 15.0. The Kier molecular flexibility index (Phi) is 6.54. The first-order valence-corrected chi connectivity index (χ1v) is 6.49. The fourth-order valence-electron chi connectivity index (χ4n) is 1.83. The Labute approximate surface area is 120 Å². The Morgan fingerprint density at radius 2 is 2.15 bits per heavy atom. The van der Waals surface area contributed by atoms with Gasteiger partial charge in [0, 0.05) is 20.1 Å². The molecule has 1 rings (SSSR count). The molecule has 108 valence electrons. The Bertz CT molecular complexity index is 482. The Balaban J connectivity index is 2.48. The molecule has 1 aromatic carbocycles. The van der Waals surface area contributed by atoms with E-state index in [1.165, 1.54) is 0 Å². The van der Waals surface area contributed by atoms with E-state index in [0.717, 1.165) is 11.3 Å². The number of carbonyl (C=O) groups is 1. The zero-order valence-electron chi connectivity index (χ0n) is 12.3. The highest BCUT2D eigenvalue weighted by molar-refractivity contribution is 5.77. The second-order valence-corrected chi connectivity index (χ2v) is 4.75. The fourth-order valence-corrected chi connectivity index (χ4v) is 1.83. The Morgan fingerprint density at radius 1 is 1.40 bits per heavy atom. The number of nitrogens with zero attached hydrogens (tertiary/aromatic N) is 3. The highest BCUT2D eigenvalue weighted by atomic mass is 16.5. The Morgan fingerprint density at radius 3 is 2.80 bits per heavy atom. The van der Waals surface area contributed by atoms with Gasteiger partial charge in [0.25, 0.3) is 0 Å². The molecule has 1 amide bonds. The van der Waals surface area contributed by atoms with E-state index in [9.17, 15) is 4.79 Å². The molecule has 0 aliphatic rings. The minimum atomic E-state index is 0.0191. The van der Waals surface area contributed by atoms with Gasteiger partial charge in [0.2, 0.25) is 5.91 Å². The molecule has 0 bridgehead atoms. The van der Waals surface area contributed by atoms with E-state index < -0.39 is 0 Å². The van der Waals surface area contributed by atoms with Crippen molar-refractivity contribution in [2.45, 2.75) is 13.0 Å². The molecule has 20 heavy (non-hydrogen) atoms. The van der Waals surface area contributed by atoms with Gasteiger partial charge < -0.3 is 9.64 Å². The van der Waals surface area contributed by atoms with Crippen LogP contribution in [0.5, 0.6) is 5.75 Å². The number of nitriles is 1. The SMILES string of the molecule is COc1cccc(CN(C)CC(=O)N(C)CCC#N)c1. The predicted molar refractivity (Wildman–Crippen MR) is 77.2 cm³/mol. The van der Waals surface area contributed by atoms with Gasteiger partial charge in [-0.2, -0.15) is 5.26 Å². The molecule has 5 nitrogen and oxygen atoms in total. The molecule has 1 aromatic rings. The quantitative estimate of drug-likeness (QED) is 0.756. The number of benzene rings is 1. The average Bonchev–Trinajstić information content (AvgIpc) is 2.44. The smallest absolute Gasteiger partial charge is 0.236 e.